The van der Waals surface area contributed by atoms with E-state index in [1.807, 2.05) is 19.1 Å². The molecule has 1 aliphatic carbocycles. The number of methoxy groups -OCH3 is 1. The summed E-state index contributed by atoms with van der Waals surface area (Å²) in [5.74, 6) is 0. The minimum absolute atomic E-state index is 0.372. The van der Waals surface area contributed by atoms with Gasteiger partial charge >= 0.3 is 0 Å². The quantitative estimate of drug-likeness (QED) is 0.672. The van der Waals surface area contributed by atoms with Crippen molar-refractivity contribution in [1.29, 1.82) is 0 Å². The molecule has 1 aliphatic heterocycles. The first-order chi connectivity index (χ1) is 6.72. The molecule has 0 aromatic carbocycles. The van der Waals surface area contributed by atoms with Crippen LogP contribution in [0.5, 0.6) is 0 Å². The maximum Gasteiger partial charge on any atom is 0.172 e. The van der Waals surface area contributed by atoms with Crippen LogP contribution in [0.4, 0.5) is 0 Å². The van der Waals surface area contributed by atoms with Crippen molar-refractivity contribution in [3.05, 3.63) is 24.3 Å². The Kier molecular flexibility index (Phi) is 2.19. The SMILES string of the molecule is COC1(C2(C)CC=NO2)C=CC=CC1. The molecule has 3 heteroatoms. The molecule has 0 bridgehead atoms. The summed E-state index contributed by atoms with van der Waals surface area (Å²) >= 11 is 0. The van der Waals surface area contributed by atoms with E-state index in [1.165, 1.54) is 0 Å². The third-order valence-electron chi connectivity index (χ3n) is 3.10. The number of allylic oxidation sites excluding steroid dienone is 2. The van der Waals surface area contributed by atoms with Crippen LogP contribution in [0.25, 0.3) is 0 Å². The highest BCUT2D eigenvalue weighted by Gasteiger charge is 2.50. The zero-order chi connectivity index (χ0) is 10.1. The molecule has 0 radical (unpaired) electrons. The van der Waals surface area contributed by atoms with Gasteiger partial charge in [0.05, 0.1) is 0 Å². The molecule has 0 saturated heterocycles. The summed E-state index contributed by atoms with van der Waals surface area (Å²) in [6, 6.07) is 0. The van der Waals surface area contributed by atoms with E-state index in [-0.39, 0.29) is 11.2 Å². The first-order valence-electron chi connectivity index (χ1n) is 4.82. The molecule has 2 atom stereocenters. The van der Waals surface area contributed by atoms with Gasteiger partial charge in [-0.2, -0.15) is 0 Å². The first kappa shape index (κ1) is 9.46. The molecule has 2 unspecified atom stereocenters. The number of hydrogen-bond donors (Lipinski definition) is 0. The van der Waals surface area contributed by atoms with Crippen LogP contribution in [0.3, 0.4) is 0 Å². The molecule has 0 spiro atoms. The summed E-state index contributed by atoms with van der Waals surface area (Å²) in [7, 11) is 1.72. The molecular weight excluding hydrogens is 178 g/mol. The lowest BCUT2D eigenvalue weighted by molar-refractivity contribution is -0.150. The van der Waals surface area contributed by atoms with Crippen LogP contribution in [0.2, 0.25) is 0 Å². The lowest BCUT2D eigenvalue weighted by Crippen LogP contribution is -2.52. The van der Waals surface area contributed by atoms with Crippen molar-refractivity contribution in [2.75, 3.05) is 7.11 Å². The predicted molar refractivity (Wildman–Crippen MR) is 55.2 cm³/mol. The second kappa shape index (κ2) is 3.24. The molecule has 14 heavy (non-hydrogen) atoms. The Morgan fingerprint density at radius 1 is 1.36 bits per heavy atom. The zero-order valence-corrected chi connectivity index (χ0v) is 8.56. The molecule has 0 amide bonds. The monoisotopic (exact) mass is 193 g/mol. The van der Waals surface area contributed by atoms with Crippen molar-refractivity contribution >= 4 is 6.21 Å². The topological polar surface area (TPSA) is 30.8 Å². The van der Waals surface area contributed by atoms with E-state index in [9.17, 15) is 0 Å². The van der Waals surface area contributed by atoms with Gasteiger partial charge in [-0.05, 0) is 13.0 Å². The third-order valence-corrected chi connectivity index (χ3v) is 3.10. The molecule has 76 valence electrons. The van der Waals surface area contributed by atoms with E-state index in [2.05, 4.69) is 17.3 Å². The van der Waals surface area contributed by atoms with Gasteiger partial charge in [0, 0.05) is 26.2 Å². The molecule has 1 heterocycles. The Morgan fingerprint density at radius 3 is 2.71 bits per heavy atom. The summed E-state index contributed by atoms with van der Waals surface area (Å²) in [5, 5.41) is 3.84. The van der Waals surface area contributed by atoms with E-state index >= 15 is 0 Å². The fraction of sp³-hybridized carbons (Fsp3) is 0.545. The summed E-state index contributed by atoms with van der Waals surface area (Å²) in [5.41, 5.74) is -0.749. The Bertz CT molecular complexity index is 298. The molecular formula is C11H15NO2. The van der Waals surface area contributed by atoms with Gasteiger partial charge in [-0.3, -0.25) is 0 Å². The van der Waals surface area contributed by atoms with Gasteiger partial charge in [-0.1, -0.05) is 23.4 Å². The summed E-state index contributed by atoms with van der Waals surface area (Å²) < 4.78 is 5.62. The normalized spacial score (nSPS) is 40.1. The second-order valence-electron chi connectivity index (χ2n) is 3.90. The van der Waals surface area contributed by atoms with Crippen LogP contribution in [0.15, 0.2) is 29.5 Å². The van der Waals surface area contributed by atoms with Crippen molar-refractivity contribution in [2.45, 2.75) is 31.0 Å². The minimum Gasteiger partial charge on any atom is -0.386 e. The first-order valence-corrected chi connectivity index (χ1v) is 4.82. The van der Waals surface area contributed by atoms with Crippen LogP contribution < -0.4 is 0 Å². The Balaban J connectivity index is 2.28. The average Bonchev–Trinajstić information content (AvgIpc) is 2.68. The molecule has 0 N–H and O–H groups in total. The van der Waals surface area contributed by atoms with E-state index in [0.29, 0.717) is 0 Å². The summed E-state index contributed by atoms with van der Waals surface area (Å²) in [6.45, 7) is 2.03. The van der Waals surface area contributed by atoms with Gasteiger partial charge in [-0.25, -0.2) is 0 Å². The molecule has 2 aliphatic rings. The van der Waals surface area contributed by atoms with Crippen LogP contribution in [0, 0.1) is 0 Å². The lowest BCUT2D eigenvalue weighted by Gasteiger charge is -2.41. The maximum atomic E-state index is 5.62. The number of rotatable bonds is 2. The largest absolute Gasteiger partial charge is 0.386 e. The second-order valence-corrected chi connectivity index (χ2v) is 3.90. The fourth-order valence-corrected chi connectivity index (χ4v) is 2.01. The number of nitrogens with zero attached hydrogens (tertiary/aromatic N) is 1. The van der Waals surface area contributed by atoms with Gasteiger partial charge in [-0.15, -0.1) is 0 Å². The summed E-state index contributed by atoms with van der Waals surface area (Å²) in [4.78, 5) is 5.43. The van der Waals surface area contributed by atoms with Gasteiger partial charge < -0.3 is 9.57 Å². The van der Waals surface area contributed by atoms with Gasteiger partial charge in [0.25, 0.3) is 0 Å². The van der Waals surface area contributed by atoms with Crippen LogP contribution >= 0.6 is 0 Å². The predicted octanol–water partition coefficient (Wildman–Crippen LogP) is 2.05. The number of ether oxygens (including phenoxy) is 1. The molecule has 0 fully saturated rings. The average molecular weight is 193 g/mol. The van der Waals surface area contributed by atoms with Crippen molar-refractivity contribution in [3.63, 3.8) is 0 Å². The number of hydrogen-bond acceptors (Lipinski definition) is 3. The van der Waals surface area contributed by atoms with Crippen molar-refractivity contribution in [1.82, 2.24) is 0 Å². The van der Waals surface area contributed by atoms with E-state index in [0.717, 1.165) is 12.8 Å². The highest BCUT2D eigenvalue weighted by molar-refractivity contribution is 5.60. The number of oxime groups is 1. The molecule has 2 rings (SSSR count). The highest BCUT2D eigenvalue weighted by Crippen LogP contribution is 2.40. The van der Waals surface area contributed by atoms with E-state index < -0.39 is 0 Å². The van der Waals surface area contributed by atoms with Gasteiger partial charge in [0.1, 0.15) is 5.60 Å². The summed E-state index contributed by atoms with van der Waals surface area (Å²) in [6.07, 6.45) is 11.6. The van der Waals surface area contributed by atoms with E-state index in [4.69, 9.17) is 9.57 Å². The van der Waals surface area contributed by atoms with Crippen molar-refractivity contribution in [2.24, 2.45) is 5.16 Å². The standard InChI is InChI=1S/C11H15NO2/c1-10(8-9-12-14-10)11(13-2)6-4-3-5-7-11/h3-6,9H,7-8H2,1-2H3. The Hall–Kier alpha value is -1.09. The van der Waals surface area contributed by atoms with Crippen LogP contribution in [-0.2, 0) is 9.57 Å². The smallest absolute Gasteiger partial charge is 0.172 e. The van der Waals surface area contributed by atoms with Crippen molar-refractivity contribution in [3.8, 4) is 0 Å². The van der Waals surface area contributed by atoms with Gasteiger partial charge in [0.2, 0.25) is 0 Å². The Labute approximate surface area is 84.1 Å². The van der Waals surface area contributed by atoms with E-state index in [1.54, 1.807) is 13.3 Å². The van der Waals surface area contributed by atoms with Gasteiger partial charge in [0.15, 0.2) is 5.60 Å². The fourth-order valence-electron chi connectivity index (χ4n) is 2.01. The third kappa shape index (κ3) is 1.20. The minimum atomic E-state index is -0.377. The Morgan fingerprint density at radius 2 is 2.21 bits per heavy atom. The molecule has 3 nitrogen and oxygen atoms in total. The molecule has 0 saturated carbocycles. The zero-order valence-electron chi connectivity index (χ0n) is 8.56. The van der Waals surface area contributed by atoms with Crippen LogP contribution in [-0.4, -0.2) is 24.5 Å². The van der Waals surface area contributed by atoms with Crippen molar-refractivity contribution < 1.29 is 9.57 Å². The maximum absolute atomic E-state index is 5.62. The molecule has 0 aromatic heterocycles. The molecule has 0 aromatic rings. The van der Waals surface area contributed by atoms with Crippen LogP contribution in [0.1, 0.15) is 19.8 Å². The highest BCUT2D eigenvalue weighted by atomic mass is 16.7. The lowest BCUT2D eigenvalue weighted by atomic mass is 9.77.